The fourth-order valence-electron chi connectivity index (χ4n) is 4.56. The van der Waals surface area contributed by atoms with Gasteiger partial charge in [0, 0.05) is 38.6 Å². The van der Waals surface area contributed by atoms with Crippen molar-refractivity contribution in [3.8, 4) is 0 Å². The third-order valence-corrected chi connectivity index (χ3v) is 6.14. The zero-order chi connectivity index (χ0) is 17.4. The van der Waals surface area contributed by atoms with E-state index in [0.717, 1.165) is 51.7 Å². The fraction of sp³-hybridized carbons (Fsp3) is 0.600. The van der Waals surface area contributed by atoms with E-state index in [4.69, 9.17) is 0 Å². The molecular weight excluding hydrogens is 314 g/mol. The van der Waals surface area contributed by atoms with E-state index in [1.165, 1.54) is 11.1 Å². The van der Waals surface area contributed by atoms with Crippen molar-refractivity contribution in [2.45, 2.75) is 44.2 Å². The van der Waals surface area contributed by atoms with Crippen molar-refractivity contribution in [2.24, 2.45) is 5.92 Å². The summed E-state index contributed by atoms with van der Waals surface area (Å²) in [5.74, 6) is 0.540. The van der Waals surface area contributed by atoms with Gasteiger partial charge in [0.2, 0.25) is 11.8 Å². The minimum Gasteiger partial charge on any atom is -0.353 e. The Morgan fingerprint density at radius 3 is 2.24 bits per heavy atom. The Labute approximate surface area is 149 Å². The Morgan fingerprint density at radius 2 is 1.68 bits per heavy atom. The van der Waals surface area contributed by atoms with Crippen LogP contribution in [0.5, 0.6) is 0 Å². The van der Waals surface area contributed by atoms with Gasteiger partial charge in [-0.2, -0.15) is 0 Å². The molecule has 1 aliphatic carbocycles. The fourth-order valence-corrected chi connectivity index (χ4v) is 4.56. The molecule has 0 unspecified atom stereocenters. The second-order valence-electron chi connectivity index (χ2n) is 7.76. The zero-order valence-electron chi connectivity index (χ0n) is 14.9. The summed E-state index contributed by atoms with van der Waals surface area (Å²) in [5.41, 5.74) is 2.64. The standard InChI is InChI=1S/C20H27N3O2/c1-22-9-8-18(20(22)25)23-10-6-17(7-11-23)21-19(24)16-12-14-4-2-3-5-15(14)13-16/h2-5,16-18H,6-13H2,1H3,(H,21,24)/t18-/m0/s1. The first kappa shape index (κ1) is 16.6. The topological polar surface area (TPSA) is 52.6 Å². The van der Waals surface area contributed by atoms with Gasteiger partial charge in [0.25, 0.3) is 0 Å². The highest BCUT2D eigenvalue weighted by atomic mass is 16.2. The molecule has 0 aromatic heterocycles. The first-order valence-electron chi connectivity index (χ1n) is 9.48. The Bertz CT molecular complexity index is 642. The Kier molecular flexibility index (Phi) is 4.50. The molecule has 1 aromatic rings. The third-order valence-electron chi connectivity index (χ3n) is 6.14. The summed E-state index contributed by atoms with van der Waals surface area (Å²) < 4.78 is 0. The van der Waals surface area contributed by atoms with Crippen LogP contribution in [0.1, 0.15) is 30.4 Å². The second-order valence-corrected chi connectivity index (χ2v) is 7.76. The average molecular weight is 341 g/mol. The van der Waals surface area contributed by atoms with Crippen LogP contribution in [0.2, 0.25) is 0 Å². The van der Waals surface area contributed by atoms with Crippen LogP contribution in [-0.2, 0) is 22.4 Å². The largest absolute Gasteiger partial charge is 0.353 e. The number of likely N-dealkylation sites (tertiary alicyclic amines) is 2. The molecule has 134 valence electrons. The minimum atomic E-state index is 0.0611. The number of rotatable bonds is 3. The molecule has 3 aliphatic rings. The van der Waals surface area contributed by atoms with Crippen molar-refractivity contribution in [2.75, 3.05) is 26.7 Å². The van der Waals surface area contributed by atoms with Crippen LogP contribution in [0.4, 0.5) is 0 Å². The summed E-state index contributed by atoms with van der Waals surface area (Å²) in [7, 11) is 1.88. The molecule has 4 rings (SSSR count). The number of hydrogen-bond acceptors (Lipinski definition) is 3. The number of fused-ring (bicyclic) bond motifs is 1. The summed E-state index contributed by atoms with van der Waals surface area (Å²) in [4.78, 5) is 28.9. The van der Waals surface area contributed by atoms with Gasteiger partial charge in [0.05, 0.1) is 6.04 Å². The lowest BCUT2D eigenvalue weighted by Gasteiger charge is -2.35. The van der Waals surface area contributed by atoms with Crippen molar-refractivity contribution in [3.63, 3.8) is 0 Å². The van der Waals surface area contributed by atoms with Gasteiger partial charge in [-0.1, -0.05) is 24.3 Å². The average Bonchev–Trinajstić information content (AvgIpc) is 3.20. The molecule has 1 aromatic carbocycles. The Balaban J connectivity index is 1.27. The van der Waals surface area contributed by atoms with Crippen LogP contribution >= 0.6 is 0 Å². The number of piperidine rings is 1. The lowest BCUT2D eigenvalue weighted by Crippen LogP contribution is -2.50. The molecule has 0 spiro atoms. The van der Waals surface area contributed by atoms with Crippen molar-refractivity contribution in [1.29, 1.82) is 0 Å². The maximum atomic E-state index is 12.6. The van der Waals surface area contributed by atoms with Crippen LogP contribution in [0.3, 0.4) is 0 Å². The molecule has 25 heavy (non-hydrogen) atoms. The molecule has 5 nitrogen and oxygen atoms in total. The molecular formula is C20H27N3O2. The van der Waals surface area contributed by atoms with Crippen molar-refractivity contribution < 1.29 is 9.59 Å². The summed E-state index contributed by atoms with van der Waals surface area (Å²) in [5, 5.41) is 3.27. The van der Waals surface area contributed by atoms with Crippen molar-refractivity contribution in [3.05, 3.63) is 35.4 Å². The van der Waals surface area contributed by atoms with Gasteiger partial charge in [-0.3, -0.25) is 14.5 Å². The van der Waals surface area contributed by atoms with E-state index in [-0.39, 0.29) is 29.8 Å². The molecule has 1 N–H and O–H groups in total. The van der Waals surface area contributed by atoms with E-state index >= 15 is 0 Å². The summed E-state index contributed by atoms with van der Waals surface area (Å²) in [6.07, 6.45) is 4.55. The molecule has 2 heterocycles. The lowest BCUT2D eigenvalue weighted by atomic mass is 10.00. The zero-order valence-corrected chi connectivity index (χ0v) is 14.9. The number of carbonyl (C=O) groups is 2. The van der Waals surface area contributed by atoms with E-state index in [0.29, 0.717) is 0 Å². The molecule has 5 heteroatoms. The first-order chi connectivity index (χ1) is 12.1. The van der Waals surface area contributed by atoms with Gasteiger partial charge in [-0.05, 0) is 43.2 Å². The number of hydrogen-bond donors (Lipinski definition) is 1. The van der Waals surface area contributed by atoms with Crippen LogP contribution in [0, 0.1) is 5.92 Å². The van der Waals surface area contributed by atoms with E-state index < -0.39 is 0 Å². The predicted molar refractivity (Wildman–Crippen MR) is 96.1 cm³/mol. The van der Waals surface area contributed by atoms with E-state index in [1.54, 1.807) is 0 Å². The van der Waals surface area contributed by atoms with Crippen molar-refractivity contribution >= 4 is 11.8 Å². The number of benzene rings is 1. The Hall–Kier alpha value is -1.88. The molecule has 2 amide bonds. The number of carbonyl (C=O) groups excluding carboxylic acids is 2. The van der Waals surface area contributed by atoms with Crippen LogP contribution in [-0.4, -0.2) is 60.4 Å². The third kappa shape index (κ3) is 3.30. The lowest BCUT2D eigenvalue weighted by molar-refractivity contribution is -0.132. The molecule has 1 atom stereocenters. The molecule has 2 aliphatic heterocycles. The maximum absolute atomic E-state index is 12.6. The van der Waals surface area contributed by atoms with Crippen LogP contribution in [0.25, 0.3) is 0 Å². The summed E-state index contributed by atoms with van der Waals surface area (Å²) >= 11 is 0. The quantitative estimate of drug-likeness (QED) is 0.899. The van der Waals surface area contributed by atoms with Gasteiger partial charge in [0.1, 0.15) is 0 Å². The molecule has 0 bridgehead atoms. The number of amides is 2. The molecule has 0 radical (unpaired) electrons. The SMILES string of the molecule is CN1CC[C@H](N2CCC(NC(=O)C3Cc4ccccc4C3)CC2)C1=O. The number of nitrogens with zero attached hydrogens (tertiary/aromatic N) is 2. The van der Waals surface area contributed by atoms with Crippen LogP contribution < -0.4 is 5.32 Å². The molecule has 2 saturated heterocycles. The maximum Gasteiger partial charge on any atom is 0.239 e. The highest BCUT2D eigenvalue weighted by Crippen LogP contribution is 2.27. The highest BCUT2D eigenvalue weighted by Gasteiger charge is 2.36. The van der Waals surface area contributed by atoms with Gasteiger partial charge >= 0.3 is 0 Å². The van der Waals surface area contributed by atoms with E-state index in [1.807, 2.05) is 11.9 Å². The van der Waals surface area contributed by atoms with E-state index in [9.17, 15) is 9.59 Å². The summed E-state index contributed by atoms with van der Waals surface area (Å²) in [6.45, 7) is 2.67. The molecule has 0 saturated carbocycles. The smallest absolute Gasteiger partial charge is 0.239 e. The van der Waals surface area contributed by atoms with Gasteiger partial charge in [0.15, 0.2) is 0 Å². The van der Waals surface area contributed by atoms with Gasteiger partial charge in [-0.15, -0.1) is 0 Å². The number of likely N-dealkylation sites (N-methyl/N-ethyl adjacent to an activating group) is 1. The van der Waals surface area contributed by atoms with Gasteiger partial charge < -0.3 is 10.2 Å². The van der Waals surface area contributed by atoms with Crippen LogP contribution in [0.15, 0.2) is 24.3 Å². The second kappa shape index (κ2) is 6.79. The first-order valence-corrected chi connectivity index (χ1v) is 9.48. The predicted octanol–water partition coefficient (Wildman–Crippen LogP) is 1.21. The Morgan fingerprint density at radius 1 is 1.04 bits per heavy atom. The monoisotopic (exact) mass is 341 g/mol. The minimum absolute atomic E-state index is 0.0611. The van der Waals surface area contributed by atoms with Gasteiger partial charge in [-0.25, -0.2) is 0 Å². The summed E-state index contributed by atoms with van der Waals surface area (Å²) in [6, 6.07) is 8.69. The number of nitrogens with one attached hydrogen (secondary N) is 1. The van der Waals surface area contributed by atoms with Crippen molar-refractivity contribution in [1.82, 2.24) is 15.1 Å². The molecule has 2 fully saturated rings. The normalized spacial score (nSPS) is 25.4. The highest BCUT2D eigenvalue weighted by molar-refractivity contribution is 5.83. The van der Waals surface area contributed by atoms with E-state index in [2.05, 4.69) is 34.5 Å².